The van der Waals surface area contributed by atoms with Gasteiger partial charge in [0.1, 0.15) is 5.75 Å². The fourth-order valence-electron chi connectivity index (χ4n) is 2.41. The summed E-state index contributed by atoms with van der Waals surface area (Å²) in [5.74, 6) is 4.05. The van der Waals surface area contributed by atoms with Crippen molar-refractivity contribution in [3.05, 3.63) is 54.2 Å². The average molecular weight is 300 g/mol. The molecular formula is C17H20N2OS. The van der Waals surface area contributed by atoms with E-state index in [1.54, 1.807) is 6.20 Å². The quantitative estimate of drug-likeness (QED) is 0.909. The van der Waals surface area contributed by atoms with E-state index < -0.39 is 0 Å². The van der Waals surface area contributed by atoms with Crippen molar-refractivity contribution in [2.75, 3.05) is 11.5 Å². The molecule has 0 aliphatic carbocycles. The number of benzene rings is 1. The van der Waals surface area contributed by atoms with Gasteiger partial charge in [-0.05, 0) is 42.5 Å². The zero-order valence-corrected chi connectivity index (χ0v) is 12.8. The number of nitrogens with one attached hydrogen (secondary N) is 1. The fourth-order valence-corrected chi connectivity index (χ4v) is 3.51. The summed E-state index contributed by atoms with van der Waals surface area (Å²) in [6, 6.07) is 14.5. The van der Waals surface area contributed by atoms with Gasteiger partial charge < -0.3 is 10.1 Å². The summed E-state index contributed by atoms with van der Waals surface area (Å²) in [5, 5.41) is 3.63. The lowest BCUT2D eigenvalue weighted by molar-refractivity contribution is 0.439. The van der Waals surface area contributed by atoms with E-state index in [1.165, 1.54) is 24.3 Å². The maximum Gasteiger partial charge on any atom is 0.223 e. The number of nitrogens with zero attached hydrogens (tertiary/aromatic N) is 1. The molecule has 0 bridgehead atoms. The van der Waals surface area contributed by atoms with Crippen LogP contribution in [0.4, 0.5) is 0 Å². The molecule has 0 atom stereocenters. The van der Waals surface area contributed by atoms with Gasteiger partial charge in [0, 0.05) is 24.3 Å². The van der Waals surface area contributed by atoms with Crippen molar-refractivity contribution in [3.63, 3.8) is 0 Å². The van der Waals surface area contributed by atoms with Crippen molar-refractivity contribution in [1.29, 1.82) is 0 Å². The van der Waals surface area contributed by atoms with Gasteiger partial charge in [0.25, 0.3) is 0 Å². The zero-order valence-electron chi connectivity index (χ0n) is 12.0. The highest BCUT2D eigenvalue weighted by atomic mass is 32.2. The molecule has 21 heavy (non-hydrogen) atoms. The van der Waals surface area contributed by atoms with Crippen LogP contribution in [0.5, 0.6) is 11.6 Å². The second-order valence-electron chi connectivity index (χ2n) is 5.15. The Hall–Kier alpha value is -1.52. The Morgan fingerprint density at radius 1 is 1.10 bits per heavy atom. The van der Waals surface area contributed by atoms with E-state index in [9.17, 15) is 0 Å². The van der Waals surface area contributed by atoms with Gasteiger partial charge >= 0.3 is 0 Å². The van der Waals surface area contributed by atoms with Crippen LogP contribution in [-0.4, -0.2) is 22.5 Å². The second kappa shape index (κ2) is 7.48. The lowest BCUT2D eigenvalue weighted by Gasteiger charge is -2.23. The Balaban J connectivity index is 1.64. The number of para-hydroxylation sites is 1. The molecule has 3 nitrogen and oxygen atoms in total. The van der Waals surface area contributed by atoms with Crippen LogP contribution in [0.1, 0.15) is 18.4 Å². The third kappa shape index (κ3) is 4.22. The van der Waals surface area contributed by atoms with Gasteiger partial charge in [-0.15, -0.1) is 0 Å². The molecule has 0 amide bonds. The molecule has 1 aromatic heterocycles. The minimum atomic E-state index is 0.621. The van der Waals surface area contributed by atoms with Crippen LogP contribution < -0.4 is 10.1 Å². The molecule has 1 saturated heterocycles. The first-order chi connectivity index (χ1) is 10.4. The van der Waals surface area contributed by atoms with Crippen LogP contribution >= 0.6 is 11.8 Å². The van der Waals surface area contributed by atoms with Gasteiger partial charge in [-0.2, -0.15) is 11.8 Å². The van der Waals surface area contributed by atoms with Gasteiger partial charge in [0.15, 0.2) is 0 Å². The molecule has 1 fully saturated rings. The molecule has 1 aliphatic rings. The maximum absolute atomic E-state index is 5.89. The average Bonchev–Trinajstić information content (AvgIpc) is 2.56. The van der Waals surface area contributed by atoms with Crippen molar-refractivity contribution < 1.29 is 4.74 Å². The van der Waals surface area contributed by atoms with Crippen molar-refractivity contribution in [1.82, 2.24) is 10.3 Å². The fraction of sp³-hybridized carbons (Fsp3) is 0.353. The summed E-state index contributed by atoms with van der Waals surface area (Å²) < 4.78 is 5.89. The van der Waals surface area contributed by atoms with Crippen LogP contribution in [0.3, 0.4) is 0 Å². The molecular weight excluding hydrogens is 280 g/mol. The van der Waals surface area contributed by atoms with E-state index in [1.807, 2.05) is 48.2 Å². The molecule has 0 saturated carbocycles. The molecule has 1 aromatic carbocycles. The Kier molecular flexibility index (Phi) is 5.13. The molecule has 110 valence electrons. The third-order valence-corrected chi connectivity index (χ3v) is 4.66. The molecule has 4 heteroatoms. The molecule has 3 rings (SSSR count). The standard InChI is InChI=1S/C17H20N2OS/c1-2-6-16(7-3-1)20-17-14(5-4-10-18-17)13-19-15-8-11-21-12-9-15/h1-7,10,15,19H,8-9,11-13H2. The highest BCUT2D eigenvalue weighted by Gasteiger charge is 2.14. The highest BCUT2D eigenvalue weighted by molar-refractivity contribution is 7.99. The minimum absolute atomic E-state index is 0.621. The van der Waals surface area contributed by atoms with Gasteiger partial charge in [0.2, 0.25) is 5.88 Å². The van der Waals surface area contributed by atoms with E-state index in [0.29, 0.717) is 11.9 Å². The largest absolute Gasteiger partial charge is 0.439 e. The number of hydrogen-bond acceptors (Lipinski definition) is 4. The second-order valence-corrected chi connectivity index (χ2v) is 6.38. The van der Waals surface area contributed by atoms with Crippen LogP contribution in [0, 0.1) is 0 Å². The molecule has 0 unspecified atom stereocenters. The summed E-state index contributed by atoms with van der Waals surface area (Å²) in [5.41, 5.74) is 1.11. The molecule has 0 radical (unpaired) electrons. The van der Waals surface area contributed by atoms with E-state index in [-0.39, 0.29) is 0 Å². The lowest BCUT2D eigenvalue weighted by atomic mass is 10.1. The van der Waals surface area contributed by atoms with Crippen LogP contribution in [0.15, 0.2) is 48.7 Å². The topological polar surface area (TPSA) is 34.1 Å². The molecule has 1 N–H and O–H groups in total. The molecule has 0 spiro atoms. The van der Waals surface area contributed by atoms with E-state index in [0.717, 1.165) is 17.9 Å². The molecule has 1 aliphatic heterocycles. The maximum atomic E-state index is 5.89. The first kappa shape index (κ1) is 14.4. The first-order valence-electron chi connectivity index (χ1n) is 7.40. The summed E-state index contributed by atoms with van der Waals surface area (Å²) in [6.45, 7) is 0.811. The molecule has 2 heterocycles. The van der Waals surface area contributed by atoms with Crippen molar-refractivity contribution >= 4 is 11.8 Å². The number of rotatable bonds is 5. The summed E-state index contributed by atoms with van der Waals surface area (Å²) in [4.78, 5) is 4.37. The normalized spacial score (nSPS) is 15.8. The molecule has 2 aromatic rings. The summed E-state index contributed by atoms with van der Waals surface area (Å²) in [7, 11) is 0. The SMILES string of the molecule is c1ccc(Oc2ncccc2CNC2CCSCC2)cc1. The number of thioether (sulfide) groups is 1. The predicted octanol–water partition coefficient (Wildman–Crippen LogP) is 3.86. The minimum Gasteiger partial charge on any atom is -0.439 e. The predicted molar refractivity (Wildman–Crippen MR) is 87.9 cm³/mol. The van der Waals surface area contributed by atoms with Crippen molar-refractivity contribution in [2.45, 2.75) is 25.4 Å². The monoisotopic (exact) mass is 300 g/mol. The zero-order chi connectivity index (χ0) is 14.3. The Labute approximate surface area is 130 Å². The Morgan fingerprint density at radius 2 is 1.90 bits per heavy atom. The third-order valence-electron chi connectivity index (χ3n) is 3.61. The van der Waals surface area contributed by atoms with E-state index in [4.69, 9.17) is 4.74 Å². The first-order valence-corrected chi connectivity index (χ1v) is 8.55. The number of aromatic nitrogens is 1. The van der Waals surface area contributed by atoms with E-state index >= 15 is 0 Å². The Morgan fingerprint density at radius 3 is 2.71 bits per heavy atom. The highest BCUT2D eigenvalue weighted by Crippen LogP contribution is 2.23. The summed E-state index contributed by atoms with van der Waals surface area (Å²) in [6.07, 6.45) is 4.28. The van der Waals surface area contributed by atoms with Crippen LogP contribution in [0.25, 0.3) is 0 Å². The Bertz CT molecular complexity index is 556. The van der Waals surface area contributed by atoms with Crippen LogP contribution in [-0.2, 0) is 6.54 Å². The van der Waals surface area contributed by atoms with Crippen LogP contribution in [0.2, 0.25) is 0 Å². The number of pyridine rings is 1. The van der Waals surface area contributed by atoms with Gasteiger partial charge in [-0.1, -0.05) is 24.3 Å². The van der Waals surface area contributed by atoms with Crippen molar-refractivity contribution in [2.24, 2.45) is 0 Å². The van der Waals surface area contributed by atoms with Crippen molar-refractivity contribution in [3.8, 4) is 11.6 Å². The lowest BCUT2D eigenvalue weighted by Crippen LogP contribution is -2.32. The summed E-state index contributed by atoms with van der Waals surface area (Å²) >= 11 is 2.05. The smallest absolute Gasteiger partial charge is 0.223 e. The van der Waals surface area contributed by atoms with E-state index in [2.05, 4.69) is 16.4 Å². The number of hydrogen-bond donors (Lipinski definition) is 1. The van der Waals surface area contributed by atoms with Gasteiger partial charge in [-0.25, -0.2) is 4.98 Å². The van der Waals surface area contributed by atoms with Gasteiger partial charge in [0.05, 0.1) is 0 Å². The number of ether oxygens (including phenoxy) is 1. The van der Waals surface area contributed by atoms with Gasteiger partial charge in [-0.3, -0.25) is 0 Å².